The molecule has 1 N–H and O–H groups in total. The number of sulfone groups is 1. The Morgan fingerprint density at radius 3 is 2.71 bits per heavy atom. The van der Waals surface area contributed by atoms with Crippen LogP contribution in [-0.4, -0.2) is 44.0 Å². The monoisotopic (exact) mass is 279 g/mol. The fourth-order valence-electron chi connectivity index (χ4n) is 2.33. The number of thioether (sulfide) groups is 1. The minimum atomic E-state index is -2.74. The molecule has 0 aliphatic carbocycles. The molecule has 5 heteroatoms. The molecular weight excluding hydrogens is 254 g/mol. The normalized spacial score (nSPS) is 24.9. The largest absolute Gasteiger partial charge is 0.314 e. The van der Waals surface area contributed by atoms with E-state index in [-0.39, 0.29) is 0 Å². The van der Waals surface area contributed by atoms with Crippen molar-refractivity contribution in [2.24, 2.45) is 5.92 Å². The highest BCUT2D eigenvalue weighted by Gasteiger charge is 2.32. The molecule has 1 aliphatic heterocycles. The van der Waals surface area contributed by atoms with Crippen molar-refractivity contribution < 1.29 is 8.42 Å². The highest BCUT2D eigenvalue weighted by Crippen LogP contribution is 2.24. The lowest BCUT2D eigenvalue weighted by molar-refractivity contribution is 0.374. The van der Waals surface area contributed by atoms with Crippen molar-refractivity contribution in [2.75, 3.05) is 29.6 Å². The Balaban J connectivity index is 2.44. The molecule has 0 saturated carbocycles. The average Bonchev–Trinajstić information content (AvgIpc) is 2.64. The van der Waals surface area contributed by atoms with E-state index in [0.717, 1.165) is 37.3 Å². The van der Waals surface area contributed by atoms with E-state index in [1.54, 1.807) is 0 Å². The van der Waals surface area contributed by atoms with Gasteiger partial charge in [0.2, 0.25) is 0 Å². The van der Waals surface area contributed by atoms with Crippen LogP contribution in [0.5, 0.6) is 0 Å². The van der Waals surface area contributed by atoms with Crippen LogP contribution in [0.2, 0.25) is 0 Å². The van der Waals surface area contributed by atoms with Gasteiger partial charge in [0.25, 0.3) is 0 Å². The van der Waals surface area contributed by atoms with Gasteiger partial charge in [0.05, 0.1) is 11.5 Å². The SMILES string of the molecule is CCCNC(CCSCC)C1CCS(=O)(=O)C1. The summed E-state index contributed by atoms with van der Waals surface area (Å²) in [6.45, 7) is 5.31. The van der Waals surface area contributed by atoms with Crippen molar-refractivity contribution in [3.05, 3.63) is 0 Å². The maximum atomic E-state index is 11.5. The van der Waals surface area contributed by atoms with E-state index < -0.39 is 9.84 Å². The Hall–Kier alpha value is 0.260. The molecule has 0 aromatic rings. The van der Waals surface area contributed by atoms with Crippen LogP contribution >= 0.6 is 11.8 Å². The second-order valence-electron chi connectivity index (χ2n) is 4.71. The third-order valence-electron chi connectivity index (χ3n) is 3.27. The van der Waals surface area contributed by atoms with Gasteiger partial charge in [-0.15, -0.1) is 0 Å². The summed E-state index contributed by atoms with van der Waals surface area (Å²) in [7, 11) is -2.74. The lowest BCUT2D eigenvalue weighted by Crippen LogP contribution is -2.38. The Kier molecular flexibility index (Phi) is 6.89. The first-order valence-corrected chi connectivity index (χ1v) is 9.58. The number of nitrogens with one attached hydrogen (secondary N) is 1. The van der Waals surface area contributed by atoms with E-state index >= 15 is 0 Å². The summed E-state index contributed by atoms with van der Waals surface area (Å²) < 4.78 is 23.0. The summed E-state index contributed by atoms with van der Waals surface area (Å²) in [4.78, 5) is 0. The van der Waals surface area contributed by atoms with Crippen LogP contribution in [0.15, 0.2) is 0 Å². The molecule has 17 heavy (non-hydrogen) atoms. The standard InChI is InChI=1S/C12H25NO2S2/c1-3-7-13-12(5-8-16-4-2)11-6-9-17(14,15)10-11/h11-13H,3-10H2,1-2H3. The molecule has 0 radical (unpaired) electrons. The van der Waals surface area contributed by atoms with Gasteiger partial charge in [-0.05, 0) is 43.2 Å². The smallest absolute Gasteiger partial charge is 0.150 e. The molecule has 0 spiro atoms. The van der Waals surface area contributed by atoms with E-state index in [0.29, 0.717) is 23.5 Å². The van der Waals surface area contributed by atoms with Crippen LogP contribution in [-0.2, 0) is 9.84 Å². The first-order chi connectivity index (χ1) is 8.09. The maximum Gasteiger partial charge on any atom is 0.150 e. The predicted molar refractivity (Wildman–Crippen MR) is 76.5 cm³/mol. The van der Waals surface area contributed by atoms with Crippen LogP contribution in [0.1, 0.15) is 33.1 Å². The minimum absolute atomic E-state index is 0.337. The topological polar surface area (TPSA) is 46.2 Å². The van der Waals surface area contributed by atoms with Crippen LogP contribution < -0.4 is 5.32 Å². The van der Waals surface area contributed by atoms with Crippen LogP contribution in [0, 0.1) is 5.92 Å². The van der Waals surface area contributed by atoms with Gasteiger partial charge < -0.3 is 5.32 Å². The fraction of sp³-hybridized carbons (Fsp3) is 1.00. The van der Waals surface area contributed by atoms with Gasteiger partial charge in [-0.25, -0.2) is 8.42 Å². The van der Waals surface area contributed by atoms with Crippen molar-refractivity contribution in [3.63, 3.8) is 0 Å². The number of hydrogen-bond donors (Lipinski definition) is 1. The second kappa shape index (κ2) is 7.64. The summed E-state index contributed by atoms with van der Waals surface area (Å²) in [6.07, 6.45) is 3.05. The van der Waals surface area contributed by atoms with Gasteiger partial charge >= 0.3 is 0 Å². The van der Waals surface area contributed by atoms with E-state index in [1.165, 1.54) is 0 Å². The maximum absolute atomic E-state index is 11.5. The van der Waals surface area contributed by atoms with Crippen molar-refractivity contribution in [1.29, 1.82) is 0 Å². The lowest BCUT2D eigenvalue weighted by Gasteiger charge is -2.23. The zero-order valence-corrected chi connectivity index (χ0v) is 12.6. The van der Waals surface area contributed by atoms with Gasteiger partial charge in [-0.2, -0.15) is 11.8 Å². The van der Waals surface area contributed by atoms with Gasteiger partial charge in [0.1, 0.15) is 0 Å². The zero-order chi connectivity index (χ0) is 12.7. The van der Waals surface area contributed by atoms with Gasteiger partial charge in [0, 0.05) is 6.04 Å². The van der Waals surface area contributed by atoms with E-state index in [9.17, 15) is 8.42 Å². The molecule has 3 nitrogen and oxygen atoms in total. The van der Waals surface area contributed by atoms with Crippen LogP contribution in [0.25, 0.3) is 0 Å². The minimum Gasteiger partial charge on any atom is -0.314 e. The number of rotatable bonds is 8. The van der Waals surface area contributed by atoms with Gasteiger partial charge in [-0.3, -0.25) is 0 Å². The molecule has 0 bridgehead atoms. The Morgan fingerprint density at radius 1 is 1.41 bits per heavy atom. The summed E-state index contributed by atoms with van der Waals surface area (Å²) >= 11 is 1.94. The molecule has 2 unspecified atom stereocenters. The van der Waals surface area contributed by atoms with Crippen LogP contribution in [0.4, 0.5) is 0 Å². The predicted octanol–water partition coefficient (Wildman–Crippen LogP) is 1.93. The molecule has 0 aromatic carbocycles. The third kappa shape index (κ3) is 5.62. The summed E-state index contributed by atoms with van der Waals surface area (Å²) in [5, 5.41) is 3.53. The van der Waals surface area contributed by atoms with Crippen molar-refractivity contribution in [2.45, 2.75) is 39.2 Å². The Morgan fingerprint density at radius 2 is 2.18 bits per heavy atom. The summed E-state index contributed by atoms with van der Waals surface area (Å²) in [5.74, 6) is 3.40. The summed E-state index contributed by atoms with van der Waals surface area (Å²) in [6, 6.07) is 0.395. The van der Waals surface area contributed by atoms with Crippen molar-refractivity contribution in [3.8, 4) is 0 Å². The first-order valence-electron chi connectivity index (χ1n) is 6.60. The molecule has 0 amide bonds. The first kappa shape index (κ1) is 15.3. The highest BCUT2D eigenvalue weighted by atomic mass is 32.2. The van der Waals surface area contributed by atoms with Gasteiger partial charge in [0.15, 0.2) is 9.84 Å². The highest BCUT2D eigenvalue weighted by molar-refractivity contribution is 7.99. The van der Waals surface area contributed by atoms with E-state index in [1.807, 2.05) is 11.8 Å². The molecule has 1 rings (SSSR count). The summed E-state index contributed by atoms with van der Waals surface area (Å²) in [5.41, 5.74) is 0. The van der Waals surface area contributed by atoms with E-state index in [4.69, 9.17) is 0 Å². The fourth-order valence-corrected chi connectivity index (χ4v) is 4.92. The molecule has 102 valence electrons. The second-order valence-corrected chi connectivity index (χ2v) is 8.33. The molecule has 1 aliphatic rings. The average molecular weight is 279 g/mol. The zero-order valence-electron chi connectivity index (χ0n) is 10.9. The molecule has 1 fully saturated rings. The molecule has 1 heterocycles. The molecular formula is C12H25NO2S2. The number of hydrogen-bond acceptors (Lipinski definition) is 4. The van der Waals surface area contributed by atoms with Gasteiger partial charge in [-0.1, -0.05) is 13.8 Å². The third-order valence-corrected chi connectivity index (χ3v) is 6.00. The van der Waals surface area contributed by atoms with Crippen molar-refractivity contribution >= 4 is 21.6 Å². The van der Waals surface area contributed by atoms with Crippen LogP contribution in [0.3, 0.4) is 0 Å². The molecule has 2 atom stereocenters. The van der Waals surface area contributed by atoms with E-state index in [2.05, 4.69) is 19.2 Å². The molecule has 1 saturated heterocycles. The quantitative estimate of drug-likeness (QED) is 0.690. The molecule has 0 aromatic heterocycles. The Bertz CT molecular complexity index is 304. The van der Waals surface area contributed by atoms with Crippen molar-refractivity contribution in [1.82, 2.24) is 5.32 Å². The Labute approximate surface area is 110 Å². The lowest BCUT2D eigenvalue weighted by atomic mass is 9.97.